The number of carboxylic acid groups (broad SMARTS) is 1. The normalized spacial score (nSPS) is 11.6. The fourth-order valence-electron chi connectivity index (χ4n) is 2.83. The lowest BCUT2D eigenvalue weighted by atomic mass is 10.0. The largest absolute Gasteiger partial charge is 0.481 e. The molecule has 2 nitrogen and oxygen atoms in total. The molecule has 0 heterocycles. The Balaban J connectivity index is 3.08. The number of allylic oxidation sites excluding steroid dienone is 2. The van der Waals surface area contributed by atoms with Crippen molar-refractivity contribution in [1.82, 2.24) is 0 Å². The highest BCUT2D eigenvalue weighted by Crippen LogP contribution is 2.13. The summed E-state index contributed by atoms with van der Waals surface area (Å²) in [5.74, 6) is 0.193. The predicted molar refractivity (Wildman–Crippen MR) is 101 cm³/mol. The van der Waals surface area contributed by atoms with Crippen molar-refractivity contribution in [2.75, 3.05) is 0 Å². The van der Waals surface area contributed by atoms with Crippen LogP contribution in [-0.4, -0.2) is 11.1 Å². The van der Waals surface area contributed by atoms with Crippen molar-refractivity contribution in [3.05, 3.63) is 12.2 Å². The lowest BCUT2D eigenvalue weighted by Gasteiger charge is -2.04. The number of hydrogen-bond donors (Lipinski definition) is 1. The van der Waals surface area contributed by atoms with Gasteiger partial charge in [0.25, 0.3) is 0 Å². The highest BCUT2D eigenvalue weighted by Gasteiger charge is 1.96. The molecule has 0 spiro atoms. The molecule has 0 atom stereocenters. The molecule has 0 amide bonds. The second-order valence-electron chi connectivity index (χ2n) is 7.26. The lowest BCUT2D eigenvalue weighted by Crippen LogP contribution is -1.92. The molecule has 0 saturated carbocycles. The van der Waals surface area contributed by atoms with Crippen molar-refractivity contribution in [3.63, 3.8) is 0 Å². The van der Waals surface area contributed by atoms with Crippen LogP contribution in [0.25, 0.3) is 0 Å². The molecule has 0 fully saturated rings. The Morgan fingerprint density at radius 1 is 0.739 bits per heavy atom. The van der Waals surface area contributed by atoms with Gasteiger partial charge in [0.2, 0.25) is 0 Å². The van der Waals surface area contributed by atoms with Crippen molar-refractivity contribution in [3.8, 4) is 0 Å². The highest BCUT2D eigenvalue weighted by molar-refractivity contribution is 5.66. The maximum absolute atomic E-state index is 10.4. The van der Waals surface area contributed by atoms with Gasteiger partial charge in [-0.1, -0.05) is 83.8 Å². The Morgan fingerprint density at radius 2 is 1.17 bits per heavy atom. The van der Waals surface area contributed by atoms with Crippen molar-refractivity contribution < 1.29 is 9.90 Å². The fraction of sp³-hybridized carbons (Fsp3) is 0.857. The molecule has 0 aromatic rings. The third kappa shape index (κ3) is 21.2. The van der Waals surface area contributed by atoms with E-state index in [1.54, 1.807) is 0 Å². The summed E-state index contributed by atoms with van der Waals surface area (Å²) < 4.78 is 0. The van der Waals surface area contributed by atoms with E-state index in [9.17, 15) is 4.79 Å². The van der Waals surface area contributed by atoms with Crippen LogP contribution in [-0.2, 0) is 4.79 Å². The minimum absolute atomic E-state index is 0.311. The third-order valence-electron chi connectivity index (χ3n) is 4.33. The van der Waals surface area contributed by atoms with Crippen LogP contribution in [0.5, 0.6) is 0 Å². The maximum Gasteiger partial charge on any atom is 0.303 e. The van der Waals surface area contributed by atoms with Crippen molar-refractivity contribution in [1.29, 1.82) is 0 Å². The topological polar surface area (TPSA) is 37.3 Å². The molecule has 0 saturated heterocycles. The van der Waals surface area contributed by atoms with Gasteiger partial charge in [0, 0.05) is 6.42 Å². The van der Waals surface area contributed by atoms with Gasteiger partial charge in [-0.3, -0.25) is 4.79 Å². The highest BCUT2D eigenvalue weighted by atomic mass is 16.4. The standard InChI is InChI=1S/C21H40O2/c1-20(2)18-16-14-12-10-8-6-4-3-5-7-9-11-13-15-17-19-21(22)23/h9,11,20H,3-8,10,12-19H2,1-2H3,(H,22,23)/b11-9-. The summed E-state index contributed by atoms with van der Waals surface area (Å²) >= 11 is 0. The van der Waals surface area contributed by atoms with Gasteiger partial charge in [-0.25, -0.2) is 0 Å². The molecule has 2 heteroatoms. The summed E-state index contributed by atoms with van der Waals surface area (Å²) in [7, 11) is 0. The summed E-state index contributed by atoms with van der Waals surface area (Å²) in [5, 5.41) is 8.53. The molecule has 1 N–H and O–H groups in total. The molecule has 0 aliphatic rings. The molecule has 0 aliphatic heterocycles. The lowest BCUT2D eigenvalue weighted by molar-refractivity contribution is -0.137. The molecule has 0 aromatic heterocycles. The molecular weight excluding hydrogens is 284 g/mol. The quantitative estimate of drug-likeness (QED) is 0.228. The molecule has 136 valence electrons. The number of unbranched alkanes of at least 4 members (excludes halogenated alkanes) is 11. The Morgan fingerprint density at radius 3 is 1.65 bits per heavy atom. The number of carbonyl (C=O) groups is 1. The zero-order valence-electron chi connectivity index (χ0n) is 15.7. The number of hydrogen-bond acceptors (Lipinski definition) is 1. The average Bonchev–Trinajstić information content (AvgIpc) is 2.49. The monoisotopic (exact) mass is 324 g/mol. The van der Waals surface area contributed by atoms with Gasteiger partial charge < -0.3 is 5.11 Å². The van der Waals surface area contributed by atoms with Gasteiger partial charge in [0.05, 0.1) is 0 Å². The number of rotatable bonds is 17. The summed E-state index contributed by atoms with van der Waals surface area (Å²) in [6.45, 7) is 4.63. The summed E-state index contributed by atoms with van der Waals surface area (Å²) in [6, 6.07) is 0. The zero-order valence-corrected chi connectivity index (χ0v) is 15.7. The van der Waals surface area contributed by atoms with Crippen LogP contribution >= 0.6 is 0 Å². The Bertz CT molecular complexity index is 282. The van der Waals surface area contributed by atoms with E-state index >= 15 is 0 Å². The summed E-state index contributed by atoms with van der Waals surface area (Å²) in [4.78, 5) is 10.4. The SMILES string of the molecule is CC(C)CCCCCCCCCCC/C=C\CCCCC(=O)O. The number of carboxylic acids is 1. The number of aliphatic carboxylic acids is 1. The first kappa shape index (κ1) is 22.2. The first-order chi connectivity index (χ1) is 11.1. The van der Waals surface area contributed by atoms with Crippen LogP contribution in [0.3, 0.4) is 0 Å². The van der Waals surface area contributed by atoms with Crippen molar-refractivity contribution >= 4 is 5.97 Å². The summed E-state index contributed by atoms with van der Waals surface area (Å²) in [6.07, 6.45) is 22.8. The Hall–Kier alpha value is -0.790. The van der Waals surface area contributed by atoms with E-state index in [1.165, 1.54) is 70.6 Å². The minimum atomic E-state index is -0.676. The van der Waals surface area contributed by atoms with Crippen LogP contribution in [0.2, 0.25) is 0 Å². The Kier molecular flexibility index (Phi) is 17.0. The molecule has 0 aliphatic carbocycles. The van der Waals surface area contributed by atoms with E-state index in [1.807, 2.05) is 0 Å². The zero-order chi connectivity index (χ0) is 17.2. The van der Waals surface area contributed by atoms with Crippen LogP contribution in [0.4, 0.5) is 0 Å². The molecule has 0 bridgehead atoms. The Labute approximate surface area is 144 Å². The second-order valence-corrected chi connectivity index (χ2v) is 7.26. The van der Waals surface area contributed by atoms with E-state index in [-0.39, 0.29) is 0 Å². The van der Waals surface area contributed by atoms with Gasteiger partial charge in [-0.05, 0) is 38.0 Å². The van der Waals surface area contributed by atoms with Crippen LogP contribution in [0, 0.1) is 5.92 Å². The summed E-state index contributed by atoms with van der Waals surface area (Å²) in [5.41, 5.74) is 0. The molecule has 0 aromatic carbocycles. The molecular formula is C21H40O2. The van der Waals surface area contributed by atoms with E-state index in [2.05, 4.69) is 26.0 Å². The van der Waals surface area contributed by atoms with E-state index in [0.29, 0.717) is 6.42 Å². The average molecular weight is 325 g/mol. The van der Waals surface area contributed by atoms with Gasteiger partial charge in [0.1, 0.15) is 0 Å². The first-order valence-electron chi connectivity index (χ1n) is 9.99. The van der Waals surface area contributed by atoms with E-state index in [4.69, 9.17) is 5.11 Å². The minimum Gasteiger partial charge on any atom is -0.481 e. The van der Waals surface area contributed by atoms with Gasteiger partial charge in [0.15, 0.2) is 0 Å². The van der Waals surface area contributed by atoms with Crippen molar-refractivity contribution in [2.45, 2.75) is 110 Å². The first-order valence-corrected chi connectivity index (χ1v) is 9.99. The third-order valence-corrected chi connectivity index (χ3v) is 4.33. The smallest absolute Gasteiger partial charge is 0.303 e. The maximum atomic E-state index is 10.4. The molecule has 0 unspecified atom stereocenters. The van der Waals surface area contributed by atoms with Gasteiger partial charge in [-0.15, -0.1) is 0 Å². The predicted octanol–water partition coefficient (Wildman–Crippen LogP) is 7.13. The molecule has 23 heavy (non-hydrogen) atoms. The van der Waals surface area contributed by atoms with E-state index < -0.39 is 5.97 Å². The van der Waals surface area contributed by atoms with Crippen LogP contribution in [0.1, 0.15) is 110 Å². The molecule has 0 radical (unpaired) electrons. The van der Waals surface area contributed by atoms with Gasteiger partial charge >= 0.3 is 5.97 Å². The van der Waals surface area contributed by atoms with Crippen LogP contribution in [0.15, 0.2) is 12.2 Å². The van der Waals surface area contributed by atoms with E-state index in [0.717, 1.165) is 25.2 Å². The van der Waals surface area contributed by atoms with Crippen LogP contribution < -0.4 is 0 Å². The van der Waals surface area contributed by atoms with Gasteiger partial charge in [-0.2, -0.15) is 0 Å². The molecule has 0 rings (SSSR count). The second kappa shape index (κ2) is 17.6. The van der Waals surface area contributed by atoms with Crippen molar-refractivity contribution in [2.24, 2.45) is 5.92 Å². The fourth-order valence-corrected chi connectivity index (χ4v) is 2.83.